The summed E-state index contributed by atoms with van der Waals surface area (Å²) in [7, 11) is 0. The molecular weight excluding hydrogens is 304 g/mol. The second kappa shape index (κ2) is 5.39. The molecule has 2 N–H and O–H groups in total. The van der Waals surface area contributed by atoms with Gasteiger partial charge in [0, 0.05) is 29.6 Å². The van der Waals surface area contributed by atoms with Crippen molar-refractivity contribution in [3.8, 4) is 0 Å². The third kappa shape index (κ3) is 2.26. The van der Waals surface area contributed by atoms with Crippen LogP contribution in [0.5, 0.6) is 0 Å². The van der Waals surface area contributed by atoms with E-state index in [-0.39, 0.29) is 17.1 Å². The quantitative estimate of drug-likeness (QED) is 0.773. The summed E-state index contributed by atoms with van der Waals surface area (Å²) in [4.78, 5) is 12.1. The van der Waals surface area contributed by atoms with E-state index in [2.05, 4.69) is 13.5 Å². The van der Waals surface area contributed by atoms with Crippen LogP contribution in [0.4, 0.5) is 0 Å². The number of fused-ring (bicyclic) bond motifs is 1. The van der Waals surface area contributed by atoms with E-state index in [4.69, 9.17) is 4.74 Å². The molecule has 2 aliphatic heterocycles. The molecule has 1 aliphatic carbocycles. The highest BCUT2D eigenvalue weighted by Gasteiger charge is 2.72. The molecule has 0 aromatic carbocycles. The van der Waals surface area contributed by atoms with Gasteiger partial charge >= 0.3 is 0 Å². The average Bonchev–Trinajstić information content (AvgIpc) is 2.72. The van der Waals surface area contributed by atoms with Crippen molar-refractivity contribution >= 4 is 5.78 Å². The molecule has 0 aromatic heterocycles. The van der Waals surface area contributed by atoms with Crippen molar-refractivity contribution in [3.05, 3.63) is 12.2 Å². The van der Waals surface area contributed by atoms with Gasteiger partial charge in [0.2, 0.25) is 0 Å². The van der Waals surface area contributed by atoms with Gasteiger partial charge in [-0.3, -0.25) is 4.79 Å². The van der Waals surface area contributed by atoms with Crippen LogP contribution in [-0.4, -0.2) is 33.5 Å². The molecule has 2 saturated heterocycles. The van der Waals surface area contributed by atoms with E-state index in [9.17, 15) is 15.0 Å². The minimum absolute atomic E-state index is 0.0137. The van der Waals surface area contributed by atoms with Crippen LogP contribution >= 0.6 is 0 Å². The van der Waals surface area contributed by atoms with E-state index in [1.165, 1.54) is 0 Å². The summed E-state index contributed by atoms with van der Waals surface area (Å²) < 4.78 is 6.36. The molecule has 4 heteroatoms. The van der Waals surface area contributed by atoms with Crippen LogP contribution in [0.15, 0.2) is 12.2 Å². The summed E-state index contributed by atoms with van der Waals surface area (Å²) in [6, 6.07) is 0. The van der Waals surface area contributed by atoms with Gasteiger partial charge < -0.3 is 14.9 Å². The van der Waals surface area contributed by atoms with Gasteiger partial charge in [0.1, 0.15) is 11.4 Å². The molecule has 0 amide bonds. The van der Waals surface area contributed by atoms with Crippen molar-refractivity contribution in [2.75, 3.05) is 0 Å². The fraction of sp³-hybridized carbons (Fsp3) is 0.850. The summed E-state index contributed by atoms with van der Waals surface area (Å²) in [6.45, 7) is 12.2. The topological polar surface area (TPSA) is 66.8 Å². The Labute approximate surface area is 145 Å². The molecule has 3 aliphatic rings. The Bertz CT molecular complexity index is 570. The van der Waals surface area contributed by atoms with Crippen molar-refractivity contribution in [2.45, 2.75) is 90.1 Å². The standard InChI is InChI=1S/C20H32O4/c1-13(2)15(21)6-9-18(5)12-19-14(3)16(22)7-8-17(19,4)10-11-20(18,23)24-19/h13,16,22-23H,3,6-12H2,1-2,4-5H3/t16-,17-,18+,19-,20+/m0/s1. The number of carbonyl (C=O) groups is 1. The number of ketones is 1. The highest BCUT2D eigenvalue weighted by molar-refractivity contribution is 5.80. The Hall–Kier alpha value is -0.710. The third-order valence-electron chi connectivity index (χ3n) is 7.37. The molecule has 0 unspecified atom stereocenters. The number of aliphatic hydroxyl groups excluding tert-OH is 1. The predicted molar refractivity (Wildman–Crippen MR) is 92.3 cm³/mol. The number of ether oxygens (including phenoxy) is 1. The average molecular weight is 336 g/mol. The molecule has 2 bridgehead atoms. The van der Waals surface area contributed by atoms with E-state index in [1.54, 1.807) is 0 Å². The minimum Gasteiger partial charge on any atom is -0.389 e. The highest BCUT2D eigenvalue weighted by atomic mass is 16.7. The highest BCUT2D eigenvalue weighted by Crippen LogP contribution is 2.69. The number of carbonyl (C=O) groups excluding carboxylic acids is 1. The fourth-order valence-corrected chi connectivity index (χ4v) is 5.24. The first-order valence-electron chi connectivity index (χ1n) is 9.31. The Morgan fingerprint density at radius 2 is 2.00 bits per heavy atom. The normalized spacial score (nSPS) is 47.8. The maximum absolute atomic E-state index is 12.1. The number of hydrogen-bond donors (Lipinski definition) is 2. The molecule has 4 nitrogen and oxygen atoms in total. The summed E-state index contributed by atoms with van der Waals surface area (Å²) in [5.41, 5.74) is -0.550. The van der Waals surface area contributed by atoms with E-state index in [0.29, 0.717) is 37.7 Å². The molecule has 24 heavy (non-hydrogen) atoms. The van der Waals surface area contributed by atoms with Gasteiger partial charge in [-0.1, -0.05) is 34.3 Å². The molecule has 5 atom stereocenters. The van der Waals surface area contributed by atoms with Crippen molar-refractivity contribution in [3.63, 3.8) is 0 Å². The number of aliphatic hydroxyl groups is 2. The number of rotatable bonds is 4. The maximum atomic E-state index is 12.1. The van der Waals surface area contributed by atoms with Crippen molar-refractivity contribution in [1.82, 2.24) is 0 Å². The minimum atomic E-state index is -1.23. The van der Waals surface area contributed by atoms with E-state index in [0.717, 1.165) is 12.8 Å². The molecule has 3 rings (SSSR count). The predicted octanol–water partition coefficient (Wildman–Crippen LogP) is 3.36. The monoisotopic (exact) mass is 336 g/mol. The second-order valence-electron chi connectivity index (χ2n) is 9.21. The van der Waals surface area contributed by atoms with Crippen LogP contribution in [0, 0.1) is 16.7 Å². The van der Waals surface area contributed by atoms with Gasteiger partial charge in [-0.25, -0.2) is 0 Å². The van der Waals surface area contributed by atoms with Crippen LogP contribution in [0.1, 0.15) is 72.6 Å². The van der Waals surface area contributed by atoms with Gasteiger partial charge in [-0.15, -0.1) is 0 Å². The van der Waals surface area contributed by atoms with Crippen LogP contribution in [-0.2, 0) is 9.53 Å². The van der Waals surface area contributed by atoms with Crippen LogP contribution in [0.2, 0.25) is 0 Å². The first-order valence-corrected chi connectivity index (χ1v) is 9.31. The molecular formula is C20H32O4. The molecule has 0 aromatic rings. The first kappa shape index (κ1) is 18.1. The van der Waals surface area contributed by atoms with E-state index < -0.39 is 22.9 Å². The van der Waals surface area contributed by atoms with Gasteiger partial charge in [0.05, 0.1) is 6.10 Å². The van der Waals surface area contributed by atoms with E-state index in [1.807, 2.05) is 20.8 Å². The zero-order chi connectivity index (χ0) is 18.0. The SMILES string of the molecule is C=C1[C@@H](O)CC[C@@]2(C)CC[C@@]3(O)O[C@@]12C[C@@]3(C)CCC(=O)C(C)C. The lowest BCUT2D eigenvalue weighted by molar-refractivity contribution is -0.306. The molecule has 136 valence electrons. The maximum Gasteiger partial charge on any atom is 0.172 e. The zero-order valence-electron chi connectivity index (χ0n) is 15.5. The zero-order valence-corrected chi connectivity index (χ0v) is 15.5. The Balaban J connectivity index is 1.93. The Kier molecular flexibility index (Phi) is 4.06. The van der Waals surface area contributed by atoms with Gasteiger partial charge in [0.15, 0.2) is 5.79 Å². The lowest BCUT2D eigenvalue weighted by atomic mass is 9.57. The fourth-order valence-electron chi connectivity index (χ4n) is 5.24. The lowest BCUT2D eigenvalue weighted by Crippen LogP contribution is -2.58. The number of hydrogen-bond acceptors (Lipinski definition) is 4. The summed E-state index contributed by atoms with van der Waals surface area (Å²) in [6.07, 6.45) is 4.17. The molecule has 0 radical (unpaired) electrons. The van der Waals surface area contributed by atoms with Gasteiger partial charge in [-0.05, 0) is 37.7 Å². The second-order valence-corrected chi connectivity index (χ2v) is 9.21. The third-order valence-corrected chi connectivity index (χ3v) is 7.37. The summed E-state index contributed by atoms with van der Waals surface area (Å²) in [5.74, 6) is -0.993. The number of Topliss-reactive ketones (excluding diaryl/α,β-unsaturated/α-hetero) is 1. The van der Waals surface area contributed by atoms with Crippen molar-refractivity contribution in [1.29, 1.82) is 0 Å². The Morgan fingerprint density at radius 1 is 1.33 bits per heavy atom. The smallest absolute Gasteiger partial charge is 0.172 e. The first-order chi connectivity index (χ1) is 11.0. The molecule has 1 saturated carbocycles. The molecule has 2 heterocycles. The molecule has 1 spiro atoms. The largest absolute Gasteiger partial charge is 0.389 e. The van der Waals surface area contributed by atoms with E-state index >= 15 is 0 Å². The van der Waals surface area contributed by atoms with Crippen LogP contribution < -0.4 is 0 Å². The van der Waals surface area contributed by atoms with Crippen LogP contribution in [0.3, 0.4) is 0 Å². The summed E-state index contributed by atoms with van der Waals surface area (Å²) >= 11 is 0. The van der Waals surface area contributed by atoms with Crippen molar-refractivity contribution < 1.29 is 19.7 Å². The van der Waals surface area contributed by atoms with Crippen LogP contribution in [0.25, 0.3) is 0 Å². The molecule has 3 fully saturated rings. The van der Waals surface area contributed by atoms with Gasteiger partial charge in [-0.2, -0.15) is 0 Å². The van der Waals surface area contributed by atoms with Crippen molar-refractivity contribution in [2.24, 2.45) is 16.7 Å². The summed E-state index contributed by atoms with van der Waals surface area (Å²) in [5, 5.41) is 21.7. The lowest BCUT2D eigenvalue weighted by Gasteiger charge is -2.56. The Morgan fingerprint density at radius 3 is 2.62 bits per heavy atom. The van der Waals surface area contributed by atoms with Gasteiger partial charge in [0.25, 0.3) is 0 Å².